The van der Waals surface area contributed by atoms with Gasteiger partial charge in [0.1, 0.15) is 0 Å². The van der Waals surface area contributed by atoms with Crippen molar-refractivity contribution >= 4 is 9.28 Å². The van der Waals surface area contributed by atoms with Gasteiger partial charge in [0.25, 0.3) is 0 Å². The van der Waals surface area contributed by atoms with Gasteiger partial charge >= 0.3 is 9.28 Å². The first-order valence-corrected chi connectivity index (χ1v) is 7.56. The van der Waals surface area contributed by atoms with Crippen LogP contribution in [0.2, 0.25) is 5.04 Å². The van der Waals surface area contributed by atoms with Crippen LogP contribution in [-0.2, 0) is 8.85 Å². The van der Waals surface area contributed by atoms with Crippen molar-refractivity contribution in [3.63, 3.8) is 0 Å². The molecule has 0 aliphatic rings. The molecule has 0 saturated heterocycles. The van der Waals surface area contributed by atoms with E-state index in [0.29, 0.717) is 0 Å². The summed E-state index contributed by atoms with van der Waals surface area (Å²) in [6.45, 7) is 18.8. The van der Waals surface area contributed by atoms with Gasteiger partial charge in [0.2, 0.25) is 0 Å². The molecule has 3 heteroatoms. The lowest BCUT2D eigenvalue weighted by atomic mass is 10.3. The van der Waals surface area contributed by atoms with Gasteiger partial charge in [-0.25, -0.2) is 0 Å². The molecule has 0 N–H and O–H groups in total. The number of rotatable bonds is 4. The Morgan fingerprint density at radius 1 is 0.800 bits per heavy atom. The van der Waals surface area contributed by atoms with Crippen LogP contribution >= 0.6 is 0 Å². The van der Waals surface area contributed by atoms with Crippen LogP contribution in [0.25, 0.3) is 0 Å². The summed E-state index contributed by atoms with van der Waals surface area (Å²) in [5.74, 6) is 0. The molecular weight excluding hydrogens is 204 g/mol. The highest BCUT2D eigenvalue weighted by Crippen LogP contribution is 2.29. The Bertz CT molecular complexity index is 129. The minimum atomic E-state index is -1.54. The summed E-state index contributed by atoms with van der Waals surface area (Å²) in [4.78, 5) is 0. The topological polar surface area (TPSA) is 18.5 Å². The van der Waals surface area contributed by atoms with Crippen LogP contribution in [-0.4, -0.2) is 21.5 Å². The molecule has 0 atom stereocenters. The van der Waals surface area contributed by atoms with Crippen LogP contribution < -0.4 is 0 Å². The molecule has 0 heterocycles. The first-order valence-electron chi connectivity index (χ1n) is 6.04. The maximum Gasteiger partial charge on any atom is 0.327 e. The standard InChI is InChI=1S/C10H24O2Si.C2H6/c1-8(2)11-13(10(5,6)7)12-9(3)4;1-2/h8-9,13H,1-7H3;1-2H3. The quantitative estimate of drug-likeness (QED) is 0.687. The molecule has 0 saturated carbocycles. The maximum absolute atomic E-state index is 5.84. The highest BCUT2D eigenvalue weighted by Gasteiger charge is 2.31. The minimum Gasteiger partial charge on any atom is -0.394 e. The zero-order valence-electron chi connectivity index (χ0n) is 12.0. The van der Waals surface area contributed by atoms with E-state index in [1.165, 1.54) is 0 Å². The van der Waals surface area contributed by atoms with Crippen LogP contribution in [0.15, 0.2) is 0 Å². The van der Waals surface area contributed by atoms with Crippen molar-refractivity contribution in [3.05, 3.63) is 0 Å². The highest BCUT2D eigenvalue weighted by molar-refractivity contribution is 6.48. The summed E-state index contributed by atoms with van der Waals surface area (Å²) < 4.78 is 11.7. The number of hydrogen-bond donors (Lipinski definition) is 0. The van der Waals surface area contributed by atoms with Crippen molar-refractivity contribution in [2.45, 2.75) is 79.6 Å². The summed E-state index contributed by atoms with van der Waals surface area (Å²) in [6, 6.07) is 0. The molecule has 0 aromatic carbocycles. The van der Waals surface area contributed by atoms with Gasteiger partial charge < -0.3 is 8.85 Å². The average molecular weight is 234 g/mol. The Kier molecular flexibility index (Phi) is 9.71. The van der Waals surface area contributed by atoms with E-state index in [1.54, 1.807) is 0 Å². The van der Waals surface area contributed by atoms with E-state index in [-0.39, 0.29) is 17.2 Å². The summed E-state index contributed by atoms with van der Waals surface area (Å²) in [6.07, 6.45) is 0.546. The second-order valence-electron chi connectivity index (χ2n) is 5.07. The van der Waals surface area contributed by atoms with Crippen molar-refractivity contribution < 1.29 is 8.85 Å². The van der Waals surface area contributed by atoms with Crippen LogP contribution in [0.3, 0.4) is 0 Å². The first-order chi connectivity index (χ1) is 6.73. The van der Waals surface area contributed by atoms with E-state index < -0.39 is 9.28 Å². The maximum atomic E-state index is 5.84. The van der Waals surface area contributed by atoms with E-state index in [0.717, 1.165) is 0 Å². The SMILES string of the molecule is CC.CC(C)O[SiH](OC(C)C)C(C)(C)C. The smallest absolute Gasteiger partial charge is 0.327 e. The Hall–Kier alpha value is 0.137. The van der Waals surface area contributed by atoms with Gasteiger partial charge in [-0.15, -0.1) is 0 Å². The van der Waals surface area contributed by atoms with Crippen LogP contribution in [0.5, 0.6) is 0 Å². The van der Waals surface area contributed by atoms with Gasteiger partial charge in [-0.1, -0.05) is 34.6 Å². The second kappa shape index (κ2) is 8.31. The molecule has 15 heavy (non-hydrogen) atoms. The van der Waals surface area contributed by atoms with E-state index in [2.05, 4.69) is 48.5 Å². The van der Waals surface area contributed by atoms with Gasteiger partial charge in [0, 0.05) is 17.2 Å². The Labute approximate surface area is 98.2 Å². The predicted octanol–water partition coefficient (Wildman–Crippen LogP) is 3.88. The number of hydrogen-bond acceptors (Lipinski definition) is 2. The summed E-state index contributed by atoms with van der Waals surface area (Å²) in [5.41, 5.74) is 0. The van der Waals surface area contributed by atoms with Gasteiger partial charge in [-0.2, -0.15) is 0 Å². The van der Waals surface area contributed by atoms with Crippen LogP contribution in [0, 0.1) is 0 Å². The lowest BCUT2D eigenvalue weighted by molar-refractivity contribution is 0.115. The molecule has 0 spiro atoms. The molecule has 0 rings (SSSR count). The Morgan fingerprint density at radius 2 is 1.07 bits per heavy atom. The van der Waals surface area contributed by atoms with Crippen LogP contribution in [0.1, 0.15) is 62.3 Å². The second-order valence-corrected chi connectivity index (χ2v) is 8.01. The fourth-order valence-corrected chi connectivity index (χ4v) is 2.80. The third-order valence-corrected chi connectivity index (χ3v) is 4.50. The third-order valence-electron chi connectivity index (χ3n) is 1.50. The molecule has 0 radical (unpaired) electrons. The molecule has 0 unspecified atom stereocenters. The zero-order chi connectivity index (χ0) is 12.6. The normalized spacial score (nSPS) is 12.0. The van der Waals surface area contributed by atoms with Crippen LogP contribution in [0.4, 0.5) is 0 Å². The third kappa shape index (κ3) is 10.4. The van der Waals surface area contributed by atoms with Gasteiger partial charge in [0.15, 0.2) is 0 Å². The fraction of sp³-hybridized carbons (Fsp3) is 1.00. The minimum absolute atomic E-state index is 0.175. The van der Waals surface area contributed by atoms with E-state index in [4.69, 9.17) is 8.85 Å². The summed E-state index contributed by atoms with van der Waals surface area (Å²) in [7, 11) is -1.54. The van der Waals surface area contributed by atoms with E-state index in [1.807, 2.05) is 13.8 Å². The molecular formula is C12H30O2Si. The largest absolute Gasteiger partial charge is 0.394 e. The predicted molar refractivity (Wildman–Crippen MR) is 70.7 cm³/mol. The monoisotopic (exact) mass is 234 g/mol. The van der Waals surface area contributed by atoms with Crippen molar-refractivity contribution in [1.82, 2.24) is 0 Å². The van der Waals surface area contributed by atoms with Gasteiger partial charge in [-0.05, 0) is 27.7 Å². The van der Waals surface area contributed by atoms with Gasteiger partial charge in [0.05, 0.1) is 0 Å². The molecule has 0 fully saturated rings. The average Bonchev–Trinajstić information content (AvgIpc) is 2.03. The molecule has 2 nitrogen and oxygen atoms in total. The van der Waals surface area contributed by atoms with E-state index in [9.17, 15) is 0 Å². The Morgan fingerprint density at radius 3 is 1.20 bits per heavy atom. The lowest BCUT2D eigenvalue weighted by Gasteiger charge is -2.31. The van der Waals surface area contributed by atoms with Crippen molar-refractivity contribution in [1.29, 1.82) is 0 Å². The van der Waals surface area contributed by atoms with E-state index >= 15 is 0 Å². The van der Waals surface area contributed by atoms with Crippen molar-refractivity contribution in [3.8, 4) is 0 Å². The summed E-state index contributed by atoms with van der Waals surface area (Å²) in [5, 5.41) is 0.175. The molecule has 0 aliphatic carbocycles. The van der Waals surface area contributed by atoms with Gasteiger partial charge in [-0.3, -0.25) is 0 Å². The summed E-state index contributed by atoms with van der Waals surface area (Å²) >= 11 is 0. The molecule has 0 amide bonds. The Balaban J connectivity index is 0. The van der Waals surface area contributed by atoms with Crippen molar-refractivity contribution in [2.75, 3.05) is 0 Å². The molecule has 0 aliphatic heterocycles. The van der Waals surface area contributed by atoms with Crippen molar-refractivity contribution in [2.24, 2.45) is 0 Å². The zero-order valence-corrected chi connectivity index (χ0v) is 13.2. The molecule has 0 aromatic heterocycles. The fourth-order valence-electron chi connectivity index (χ4n) is 0.935. The highest BCUT2D eigenvalue weighted by atomic mass is 28.3. The molecule has 94 valence electrons. The molecule has 0 bridgehead atoms. The first kappa shape index (κ1) is 17.5. The molecule has 0 aromatic rings. The lowest BCUT2D eigenvalue weighted by Crippen LogP contribution is -2.37.